The molecule has 0 amide bonds. The molecule has 0 aliphatic heterocycles. The molecule has 0 aliphatic rings. The zero-order valence-electron chi connectivity index (χ0n) is 11.9. The van der Waals surface area contributed by atoms with Crippen LogP contribution < -0.4 is 5.11 Å². The second kappa shape index (κ2) is 7.39. The van der Waals surface area contributed by atoms with Gasteiger partial charge in [-0.2, -0.15) is 15.6 Å². The second-order valence-corrected chi connectivity index (χ2v) is 5.52. The molecule has 1 heterocycles. The Bertz CT molecular complexity index is 822. The first-order valence-electron chi connectivity index (χ1n) is 6.58. The first-order valence-corrected chi connectivity index (χ1v) is 7.38. The van der Waals surface area contributed by atoms with Gasteiger partial charge in [-0.3, -0.25) is 4.68 Å². The smallest absolute Gasteiger partial charge is 0.130 e. The average Bonchev–Trinajstić information content (AvgIpc) is 2.94. The Labute approximate surface area is 141 Å². The molecule has 0 spiro atoms. The molecule has 1 aromatic heterocycles. The minimum atomic E-state index is -1.17. The number of carbonyl (C=O) groups is 1. The number of aliphatic carboxylic acids is 1. The largest absolute Gasteiger partial charge is 0.550 e. The lowest BCUT2D eigenvalue weighted by Gasteiger charge is -2.02. The number of hydrogen-bond donors (Lipinski definition) is 0. The maximum absolute atomic E-state index is 10.6. The number of aromatic nitrogens is 2. The number of hydrogen-bond acceptors (Lipinski definition) is 5. The highest BCUT2D eigenvalue weighted by molar-refractivity contribution is 9.10. The molecule has 0 unspecified atom stereocenters. The van der Waals surface area contributed by atoms with Gasteiger partial charge in [-0.15, -0.1) is 0 Å². The van der Waals surface area contributed by atoms with E-state index in [-0.39, 0.29) is 18.5 Å². The molecule has 114 valence electrons. The molecule has 0 radical (unpaired) electrons. The van der Waals surface area contributed by atoms with Crippen molar-refractivity contribution in [3.63, 3.8) is 0 Å². The number of allylic oxidation sites excluding steroid dienone is 1. The van der Waals surface area contributed by atoms with Crippen molar-refractivity contribution in [3.8, 4) is 23.4 Å². The number of carboxylic acid groups (broad SMARTS) is 1. The van der Waals surface area contributed by atoms with Crippen molar-refractivity contribution in [1.82, 2.24) is 9.78 Å². The van der Waals surface area contributed by atoms with Crippen LogP contribution in [0.4, 0.5) is 0 Å². The molecule has 0 N–H and O–H groups in total. The summed E-state index contributed by atoms with van der Waals surface area (Å²) in [7, 11) is 0. The van der Waals surface area contributed by atoms with Crippen molar-refractivity contribution in [1.29, 1.82) is 10.5 Å². The first-order chi connectivity index (χ1) is 11.0. The summed E-state index contributed by atoms with van der Waals surface area (Å²) in [5.74, 6) is -1.17. The summed E-state index contributed by atoms with van der Waals surface area (Å²) in [6.45, 7) is 0.147. The first kappa shape index (κ1) is 16.5. The van der Waals surface area contributed by atoms with E-state index in [1.807, 2.05) is 24.3 Å². The van der Waals surface area contributed by atoms with E-state index in [4.69, 9.17) is 10.5 Å². The standard InChI is InChI=1S/C16H11BrN4O2/c17-14-3-1-12(2-4-14)16-13(7-11(8-18)9-19)10-21(20-16)6-5-15(22)23/h1-4,7,10H,5-6H2,(H,22,23)/p-1. The second-order valence-electron chi connectivity index (χ2n) is 4.61. The van der Waals surface area contributed by atoms with Crippen LogP contribution in [0.3, 0.4) is 0 Å². The Morgan fingerprint density at radius 3 is 2.52 bits per heavy atom. The van der Waals surface area contributed by atoms with E-state index >= 15 is 0 Å². The number of nitriles is 2. The van der Waals surface area contributed by atoms with E-state index in [1.54, 1.807) is 18.3 Å². The third-order valence-electron chi connectivity index (χ3n) is 2.99. The van der Waals surface area contributed by atoms with Crippen molar-refractivity contribution in [2.45, 2.75) is 13.0 Å². The fourth-order valence-corrected chi connectivity index (χ4v) is 2.20. The van der Waals surface area contributed by atoms with E-state index in [0.717, 1.165) is 10.0 Å². The summed E-state index contributed by atoms with van der Waals surface area (Å²) in [6, 6.07) is 11.0. The van der Waals surface area contributed by atoms with Crippen LogP contribution in [0.1, 0.15) is 12.0 Å². The fourth-order valence-electron chi connectivity index (χ4n) is 1.94. The lowest BCUT2D eigenvalue weighted by molar-refractivity contribution is -0.306. The number of rotatable bonds is 5. The third kappa shape index (κ3) is 4.29. The summed E-state index contributed by atoms with van der Waals surface area (Å²) < 4.78 is 2.37. The number of benzene rings is 1. The highest BCUT2D eigenvalue weighted by Crippen LogP contribution is 2.25. The molecule has 6 nitrogen and oxygen atoms in total. The topological polar surface area (TPSA) is 106 Å². The zero-order chi connectivity index (χ0) is 16.8. The molecule has 0 atom stereocenters. The van der Waals surface area contributed by atoms with Crippen LogP contribution in [0.25, 0.3) is 17.3 Å². The molecule has 1 aromatic carbocycles. The predicted octanol–water partition coefficient (Wildman–Crippen LogP) is 1.88. The monoisotopic (exact) mass is 369 g/mol. The zero-order valence-corrected chi connectivity index (χ0v) is 13.4. The van der Waals surface area contributed by atoms with Gasteiger partial charge in [0.15, 0.2) is 0 Å². The number of carbonyl (C=O) groups excluding carboxylic acids is 1. The van der Waals surface area contributed by atoms with E-state index in [0.29, 0.717) is 11.3 Å². The van der Waals surface area contributed by atoms with Crippen LogP contribution in [-0.2, 0) is 11.3 Å². The minimum absolute atomic E-state index is 0.0530. The van der Waals surface area contributed by atoms with Gasteiger partial charge in [0.05, 0.1) is 5.69 Å². The lowest BCUT2D eigenvalue weighted by atomic mass is 10.1. The Kier molecular flexibility index (Phi) is 5.29. The van der Waals surface area contributed by atoms with Gasteiger partial charge in [0.25, 0.3) is 0 Å². The summed E-state index contributed by atoms with van der Waals surface area (Å²) >= 11 is 3.35. The lowest BCUT2D eigenvalue weighted by Crippen LogP contribution is -2.23. The Morgan fingerprint density at radius 2 is 1.96 bits per heavy atom. The van der Waals surface area contributed by atoms with Gasteiger partial charge in [0.1, 0.15) is 17.7 Å². The number of nitrogens with zero attached hydrogens (tertiary/aromatic N) is 4. The van der Waals surface area contributed by atoms with Crippen LogP contribution in [0.5, 0.6) is 0 Å². The van der Waals surface area contributed by atoms with Crippen molar-refractivity contribution >= 4 is 28.0 Å². The number of halogens is 1. The fraction of sp³-hybridized carbons (Fsp3) is 0.125. The van der Waals surface area contributed by atoms with Gasteiger partial charge in [0, 0.05) is 40.7 Å². The molecule has 0 fully saturated rings. The van der Waals surface area contributed by atoms with Gasteiger partial charge >= 0.3 is 0 Å². The summed E-state index contributed by atoms with van der Waals surface area (Å²) in [5, 5.41) is 32.8. The Balaban J connectivity index is 2.47. The minimum Gasteiger partial charge on any atom is -0.550 e. The normalized spacial score (nSPS) is 9.70. The molecule has 0 bridgehead atoms. The molecule has 2 rings (SSSR count). The quantitative estimate of drug-likeness (QED) is 0.748. The molecular formula is C16H10BrN4O2-. The van der Waals surface area contributed by atoms with Gasteiger partial charge in [-0.25, -0.2) is 0 Å². The maximum atomic E-state index is 10.6. The summed E-state index contributed by atoms with van der Waals surface area (Å²) in [5.41, 5.74) is 1.88. The molecule has 0 saturated carbocycles. The Morgan fingerprint density at radius 1 is 1.30 bits per heavy atom. The maximum Gasteiger partial charge on any atom is 0.130 e. The van der Waals surface area contributed by atoms with Gasteiger partial charge in [-0.05, 0) is 18.2 Å². The Hall–Kier alpha value is -2.90. The van der Waals surface area contributed by atoms with Gasteiger partial charge in [0.2, 0.25) is 0 Å². The SMILES string of the molecule is N#CC(C#N)=Cc1cn(CCC(=O)[O-])nc1-c1ccc(Br)cc1. The highest BCUT2D eigenvalue weighted by Gasteiger charge is 2.11. The van der Waals surface area contributed by atoms with Crippen LogP contribution in [0, 0.1) is 22.7 Å². The summed E-state index contributed by atoms with van der Waals surface area (Å²) in [4.78, 5) is 10.6. The van der Waals surface area contributed by atoms with Gasteiger partial charge < -0.3 is 9.90 Å². The van der Waals surface area contributed by atoms with Crippen LogP contribution in [0.2, 0.25) is 0 Å². The summed E-state index contributed by atoms with van der Waals surface area (Å²) in [6.07, 6.45) is 2.86. The van der Waals surface area contributed by atoms with Crippen molar-refractivity contribution in [3.05, 3.63) is 46.1 Å². The van der Waals surface area contributed by atoms with Crippen molar-refractivity contribution in [2.24, 2.45) is 0 Å². The average molecular weight is 370 g/mol. The van der Waals surface area contributed by atoms with Crippen LogP contribution in [-0.4, -0.2) is 15.7 Å². The molecule has 23 heavy (non-hydrogen) atoms. The third-order valence-corrected chi connectivity index (χ3v) is 3.52. The molecule has 0 aliphatic carbocycles. The number of aryl methyl sites for hydroxylation is 1. The molecule has 0 saturated heterocycles. The molecular weight excluding hydrogens is 360 g/mol. The van der Waals surface area contributed by atoms with E-state index in [9.17, 15) is 9.90 Å². The van der Waals surface area contributed by atoms with Crippen LogP contribution in [0.15, 0.2) is 40.5 Å². The number of carboxylic acids is 1. The van der Waals surface area contributed by atoms with E-state index < -0.39 is 5.97 Å². The molecule has 2 aromatic rings. The predicted molar refractivity (Wildman–Crippen MR) is 84.2 cm³/mol. The van der Waals surface area contributed by atoms with E-state index in [1.165, 1.54) is 10.8 Å². The van der Waals surface area contributed by atoms with Crippen molar-refractivity contribution < 1.29 is 9.90 Å². The van der Waals surface area contributed by atoms with E-state index in [2.05, 4.69) is 21.0 Å². The van der Waals surface area contributed by atoms with Crippen LogP contribution >= 0.6 is 15.9 Å². The highest BCUT2D eigenvalue weighted by atomic mass is 79.9. The van der Waals surface area contributed by atoms with Gasteiger partial charge in [-0.1, -0.05) is 28.1 Å². The molecule has 7 heteroatoms. The van der Waals surface area contributed by atoms with Crippen molar-refractivity contribution in [2.75, 3.05) is 0 Å².